The molecule has 2 N–H and O–H groups in total. The number of amides is 1. The Labute approximate surface area is 192 Å². The Morgan fingerprint density at radius 2 is 1.73 bits per heavy atom. The molecule has 0 bridgehead atoms. The second-order valence-corrected chi connectivity index (χ2v) is 8.19. The average molecular weight is 449 g/mol. The van der Waals surface area contributed by atoms with Crippen molar-refractivity contribution in [3.8, 4) is 22.5 Å². The van der Waals surface area contributed by atoms with Gasteiger partial charge in [-0.05, 0) is 46.5 Å². The molecule has 1 aromatic heterocycles. The van der Waals surface area contributed by atoms with Crippen molar-refractivity contribution >= 4 is 11.5 Å². The maximum absolute atomic E-state index is 13.5. The van der Waals surface area contributed by atoms with Crippen molar-refractivity contribution in [2.45, 2.75) is 25.3 Å². The number of hydrogen-bond donors (Lipinski definition) is 1. The number of carbonyl (C=O) groups excluding carboxylic acids is 1. The summed E-state index contributed by atoms with van der Waals surface area (Å²) in [6, 6.07) is 17.0. The minimum Gasteiger partial charge on any atom is -0.460 e. The minimum atomic E-state index is -2.70. The van der Waals surface area contributed by atoms with Crippen molar-refractivity contribution in [2.24, 2.45) is 5.73 Å². The van der Waals surface area contributed by atoms with E-state index in [2.05, 4.69) is 13.2 Å². The van der Waals surface area contributed by atoms with Gasteiger partial charge in [0.15, 0.2) is 0 Å². The summed E-state index contributed by atoms with van der Waals surface area (Å²) in [6.07, 6.45) is 1.02. The third kappa shape index (κ3) is 4.81. The number of likely N-dealkylation sites (tertiary alicyclic amines) is 1. The molecule has 2 heterocycles. The summed E-state index contributed by atoms with van der Waals surface area (Å²) in [5.41, 5.74) is 10.3. The Hall–Kier alpha value is -3.51. The smallest absolute Gasteiger partial charge is 0.253 e. The highest BCUT2D eigenvalue weighted by Gasteiger charge is 2.35. The zero-order valence-electron chi connectivity index (χ0n) is 18.3. The van der Waals surface area contributed by atoms with Crippen molar-refractivity contribution in [1.29, 1.82) is 0 Å². The predicted molar refractivity (Wildman–Crippen MR) is 127 cm³/mol. The molecule has 2 aromatic carbocycles. The number of nitrogens with two attached hydrogens (primary N) is 1. The van der Waals surface area contributed by atoms with Gasteiger partial charge in [-0.25, -0.2) is 8.78 Å². The van der Waals surface area contributed by atoms with Crippen molar-refractivity contribution in [3.05, 3.63) is 90.7 Å². The summed E-state index contributed by atoms with van der Waals surface area (Å²) in [4.78, 5) is 14.4. The van der Waals surface area contributed by atoms with E-state index in [0.29, 0.717) is 17.7 Å². The summed E-state index contributed by atoms with van der Waals surface area (Å²) in [6.45, 7) is 8.32. The monoisotopic (exact) mass is 448 g/mol. The van der Waals surface area contributed by atoms with Crippen molar-refractivity contribution in [3.63, 3.8) is 0 Å². The first kappa shape index (κ1) is 22.7. The lowest BCUT2D eigenvalue weighted by Gasteiger charge is -2.32. The molecule has 4 nitrogen and oxygen atoms in total. The number of halogens is 2. The normalized spacial score (nSPS) is 15.3. The summed E-state index contributed by atoms with van der Waals surface area (Å²) in [7, 11) is 0. The lowest BCUT2D eigenvalue weighted by atomic mass is 9.92. The van der Waals surface area contributed by atoms with E-state index in [1.54, 1.807) is 18.2 Å². The number of benzene rings is 2. The molecule has 0 saturated carbocycles. The van der Waals surface area contributed by atoms with E-state index >= 15 is 0 Å². The molecule has 0 atom stereocenters. The largest absolute Gasteiger partial charge is 0.460 e. The highest BCUT2D eigenvalue weighted by Crippen LogP contribution is 2.33. The first-order valence-corrected chi connectivity index (χ1v) is 10.8. The van der Waals surface area contributed by atoms with Crippen LogP contribution >= 0.6 is 0 Å². The van der Waals surface area contributed by atoms with E-state index in [-0.39, 0.29) is 31.8 Å². The molecule has 0 radical (unpaired) electrons. The molecule has 1 aliphatic heterocycles. The zero-order valence-corrected chi connectivity index (χ0v) is 18.3. The summed E-state index contributed by atoms with van der Waals surface area (Å²) in [5.74, 6) is -1.49. The molecule has 0 spiro atoms. The van der Waals surface area contributed by atoms with Crippen LogP contribution in [0, 0.1) is 0 Å². The molecule has 1 aliphatic rings. The SMILES string of the molecule is C=CC(=C)c1cc(C(=O)N2CCC(F)(F)CC2)ccc1-c1ccc(-c2ccc(CN)o2)cc1. The summed E-state index contributed by atoms with van der Waals surface area (Å²) < 4.78 is 32.7. The van der Waals surface area contributed by atoms with Crippen LogP contribution in [0.5, 0.6) is 0 Å². The quantitative estimate of drug-likeness (QED) is 0.461. The number of hydrogen-bond acceptors (Lipinski definition) is 3. The topological polar surface area (TPSA) is 59.5 Å². The summed E-state index contributed by atoms with van der Waals surface area (Å²) >= 11 is 0. The molecule has 170 valence electrons. The number of carbonyl (C=O) groups is 1. The molecular formula is C27H26F2N2O2. The number of furan rings is 1. The van der Waals surface area contributed by atoms with E-state index in [1.165, 1.54) is 4.90 Å². The lowest BCUT2D eigenvalue weighted by molar-refractivity contribution is -0.0494. The van der Waals surface area contributed by atoms with Crippen LogP contribution in [-0.4, -0.2) is 29.8 Å². The van der Waals surface area contributed by atoms with Crippen LogP contribution in [-0.2, 0) is 6.54 Å². The van der Waals surface area contributed by atoms with E-state index in [1.807, 2.05) is 42.5 Å². The molecule has 33 heavy (non-hydrogen) atoms. The van der Waals surface area contributed by atoms with E-state index < -0.39 is 5.92 Å². The molecule has 0 unspecified atom stereocenters. The van der Waals surface area contributed by atoms with Gasteiger partial charge >= 0.3 is 0 Å². The fourth-order valence-corrected chi connectivity index (χ4v) is 3.98. The highest BCUT2D eigenvalue weighted by atomic mass is 19.3. The van der Waals surface area contributed by atoms with Gasteiger partial charge in [-0.2, -0.15) is 0 Å². The fourth-order valence-electron chi connectivity index (χ4n) is 3.98. The second-order valence-electron chi connectivity index (χ2n) is 8.19. The zero-order chi connectivity index (χ0) is 23.6. The van der Waals surface area contributed by atoms with Crippen LogP contribution in [0.15, 0.2) is 78.2 Å². The molecule has 1 saturated heterocycles. The highest BCUT2D eigenvalue weighted by molar-refractivity contribution is 5.97. The van der Waals surface area contributed by atoms with E-state index in [0.717, 1.165) is 33.8 Å². The standard InChI is InChI=1S/C27H26F2N2O2/c1-3-18(2)24-16-21(26(32)31-14-12-27(28,29)13-15-31)8-10-23(24)19-4-6-20(7-5-19)25-11-9-22(17-30)33-25/h3-11,16H,1-2,12-15,17,30H2. The van der Waals surface area contributed by atoms with Gasteiger partial charge < -0.3 is 15.1 Å². The van der Waals surface area contributed by atoms with Crippen LogP contribution in [0.1, 0.15) is 34.5 Å². The Morgan fingerprint density at radius 3 is 2.33 bits per heavy atom. The molecular weight excluding hydrogens is 422 g/mol. The third-order valence-electron chi connectivity index (χ3n) is 5.98. The van der Waals surface area contributed by atoms with Crippen LogP contribution in [0.2, 0.25) is 0 Å². The number of allylic oxidation sites excluding steroid dienone is 2. The molecule has 0 aliphatic carbocycles. The fraction of sp³-hybridized carbons (Fsp3) is 0.222. The van der Waals surface area contributed by atoms with Crippen molar-refractivity contribution < 1.29 is 18.0 Å². The average Bonchev–Trinajstić information content (AvgIpc) is 3.32. The van der Waals surface area contributed by atoms with Gasteiger partial charge in [0.05, 0.1) is 6.54 Å². The van der Waals surface area contributed by atoms with Gasteiger partial charge in [-0.15, -0.1) is 0 Å². The van der Waals surface area contributed by atoms with Gasteiger partial charge in [-0.3, -0.25) is 4.79 Å². The van der Waals surface area contributed by atoms with Crippen LogP contribution in [0.25, 0.3) is 28.0 Å². The minimum absolute atomic E-state index is 0.0471. The van der Waals surface area contributed by atoms with E-state index in [9.17, 15) is 13.6 Å². The Kier molecular flexibility index (Phi) is 6.29. The van der Waals surface area contributed by atoms with E-state index in [4.69, 9.17) is 10.2 Å². The predicted octanol–water partition coefficient (Wildman–Crippen LogP) is 6.14. The van der Waals surface area contributed by atoms with Gasteiger partial charge in [-0.1, -0.05) is 49.6 Å². The Balaban J connectivity index is 1.62. The van der Waals surface area contributed by atoms with Crippen molar-refractivity contribution in [2.75, 3.05) is 13.1 Å². The van der Waals surface area contributed by atoms with Gasteiger partial charge in [0.1, 0.15) is 11.5 Å². The maximum atomic E-state index is 13.5. The number of nitrogens with zero attached hydrogens (tertiary/aromatic N) is 1. The second kappa shape index (κ2) is 9.16. The molecule has 1 fully saturated rings. The van der Waals surface area contributed by atoms with Gasteiger partial charge in [0, 0.05) is 37.1 Å². The maximum Gasteiger partial charge on any atom is 0.253 e. The number of piperidine rings is 1. The lowest BCUT2D eigenvalue weighted by Crippen LogP contribution is -2.42. The Morgan fingerprint density at radius 1 is 1.06 bits per heavy atom. The first-order valence-electron chi connectivity index (χ1n) is 10.8. The third-order valence-corrected chi connectivity index (χ3v) is 5.98. The van der Waals surface area contributed by atoms with Gasteiger partial charge in [0.25, 0.3) is 11.8 Å². The van der Waals surface area contributed by atoms with Crippen LogP contribution in [0.4, 0.5) is 8.78 Å². The molecule has 4 rings (SSSR count). The van der Waals surface area contributed by atoms with Gasteiger partial charge in [0.2, 0.25) is 0 Å². The molecule has 6 heteroatoms. The number of alkyl halides is 2. The van der Waals surface area contributed by atoms with Crippen LogP contribution in [0.3, 0.4) is 0 Å². The van der Waals surface area contributed by atoms with Crippen LogP contribution < -0.4 is 5.73 Å². The number of rotatable bonds is 6. The van der Waals surface area contributed by atoms with Crippen molar-refractivity contribution in [1.82, 2.24) is 4.90 Å². The summed E-state index contributed by atoms with van der Waals surface area (Å²) in [5, 5.41) is 0. The Bertz CT molecular complexity index is 1190. The molecule has 3 aromatic rings. The first-order chi connectivity index (χ1) is 15.8. The molecule has 1 amide bonds.